The van der Waals surface area contributed by atoms with E-state index >= 15 is 0 Å². The standard InChI is InChI=1S/C11H23N3O.C2H6/c1-10(2)8-12-11(15)9-14-6-4-13(3)5-7-14;1-2/h10H,4-9H2,1-3H3,(H,12,15);1-2H3. The number of piperazine rings is 1. The zero-order chi connectivity index (χ0) is 13.3. The van der Waals surface area contributed by atoms with Crippen molar-refractivity contribution in [3.05, 3.63) is 0 Å². The molecule has 1 fully saturated rings. The highest BCUT2D eigenvalue weighted by molar-refractivity contribution is 5.78. The maximum atomic E-state index is 11.5. The first-order valence-electron chi connectivity index (χ1n) is 6.75. The van der Waals surface area contributed by atoms with Crippen LogP contribution in [0.5, 0.6) is 0 Å². The molecule has 102 valence electrons. The Labute approximate surface area is 106 Å². The lowest BCUT2D eigenvalue weighted by Crippen LogP contribution is -2.48. The lowest BCUT2D eigenvalue weighted by Gasteiger charge is -2.31. The van der Waals surface area contributed by atoms with Crippen molar-refractivity contribution in [2.75, 3.05) is 46.3 Å². The summed E-state index contributed by atoms with van der Waals surface area (Å²) in [7, 11) is 2.12. The highest BCUT2D eigenvalue weighted by Crippen LogP contribution is 1.98. The van der Waals surface area contributed by atoms with E-state index < -0.39 is 0 Å². The molecule has 0 atom stereocenters. The van der Waals surface area contributed by atoms with Gasteiger partial charge in [0, 0.05) is 32.7 Å². The molecule has 0 spiro atoms. The highest BCUT2D eigenvalue weighted by atomic mass is 16.2. The van der Waals surface area contributed by atoms with Gasteiger partial charge in [-0.2, -0.15) is 0 Å². The molecular formula is C13H29N3O. The van der Waals surface area contributed by atoms with E-state index in [1.54, 1.807) is 0 Å². The van der Waals surface area contributed by atoms with Gasteiger partial charge in [-0.05, 0) is 13.0 Å². The molecule has 0 aromatic heterocycles. The van der Waals surface area contributed by atoms with Crippen LogP contribution in [-0.4, -0.2) is 62.0 Å². The van der Waals surface area contributed by atoms with Gasteiger partial charge in [-0.15, -0.1) is 0 Å². The van der Waals surface area contributed by atoms with Crippen LogP contribution in [0.3, 0.4) is 0 Å². The summed E-state index contributed by atoms with van der Waals surface area (Å²) < 4.78 is 0. The van der Waals surface area contributed by atoms with Crippen LogP contribution < -0.4 is 5.32 Å². The summed E-state index contributed by atoms with van der Waals surface area (Å²) in [5.74, 6) is 0.690. The molecule has 1 heterocycles. The summed E-state index contributed by atoms with van der Waals surface area (Å²) in [6.07, 6.45) is 0. The number of amides is 1. The quantitative estimate of drug-likeness (QED) is 0.801. The Kier molecular flexibility index (Phi) is 9.09. The van der Waals surface area contributed by atoms with Crippen molar-refractivity contribution in [3.8, 4) is 0 Å². The van der Waals surface area contributed by atoms with Crippen molar-refractivity contribution in [1.29, 1.82) is 0 Å². The van der Waals surface area contributed by atoms with Crippen LogP contribution in [-0.2, 0) is 4.79 Å². The fraction of sp³-hybridized carbons (Fsp3) is 0.923. The van der Waals surface area contributed by atoms with E-state index in [9.17, 15) is 4.79 Å². The third kappa shape index (κ3) is 8.16. The molecule has 0 unspecified atom stereocenters. The third-order valence-electron chi connectivity index (χ3n) is 2.67. The Morgan fingerprint density at radius 1 is 1.18 bits per heavy atom. The van der Waals surface area contributed by atoms with E-state index in [0.717, 1.165) is 32.7 Å². The average Bonchev–Trinajstić information content (AvgIpc) is 2.32. The molecule has 0 aromatic rings. The minimum atomic E-state index is 0.160. The van der Waals surface area contributed by atoms with Crippen LogP contribution in [0.4, 0.5) is 0 Å². The van der Waals surface area contributed by atoms with Gasteiger partial charge in [0.25, 0.3) is 0 Å². The molecule has 0 aromatic carbocycles. The van der Waals surface area contributed by atoms with Crippen LogP contribution in [0.2, 0.25) is 0 Å². The number of carbonyl (C=O) groups excluding carboxylic acids is 1. The van der Waals surface area contributed by atoms with Gasteiger partial charge in [0.2, 0.25) is 5.91 Å². The zero-order valence-electron chi connectivity index (χ0n) is 12.1. The second kappa shape index (κ2) is 9.42. The van der Waals surface area contributed by atoms with Crippen molar-refractivity contribution < 1.29 is 4.79 Å². The lowest BCUT2D eigenvalue weighted by molar-refractivity contribution is -0.122. The minimum Gasteiger partial charge on any atom is -0.355 e. The van der Waals surface area contributed by atoms with Gasteiger partial charge in [0.15, 0.2) is 0 Å². The number of hydrogen-bond donors (Lipinski definition) is 1. The molecule has 17 heavy (non-hydrogen) atoms. The average molecular weight is 243 g/mol. The molecule has 4 heteroatoms. The monoisotopic (exact) mass is 243 g/mol. The second-order valence-corrected chi connectivity index (χ2v) is 4.78. The molecule has 1 saturated heterocycles. The van der Waals surface area contributed by atoms with Gasteiger partial charge < -0.3 is 10.2 Å². The van der Waals surface area contributed by atoms with Crippen LogP contribution in [0.25, 0.3) is 0 Å². The Hall–Kier alpha value is -0.610. The predicted octanol–water partition coefficient (Wildman–Crippen LogP) is 1.03. The molecule has 1 amide bonds. The van der Waals surface area contributed by atoms with E-state index in [2.05, 4.69) is 36.0 Å². The maximum Gasteiger partial charge on any atom is 0.234 e. The SMILES string of the molecule is CC.CC(C)CNC(=O)CN1CCN(C)CC1. The minimum absolute atomic E-state index is 0.160. The van der Waals surface area contributed by atoms with Crippen LogP contribution in [0, 0.1) is 5.92 Å². The van der Waals surface area contributed by atoms with Gasteiger partial charge in [0.1, 0.15) is 0 Å². The van der Waals surface area contributed by atoms with Crippen molar-refractivity contribution in [2.24, 2.45) is 5.92 Å². The second-order valence-electron chi connectivity index (χ2n) is 4.78. The Balaban J connectivity index is 0.00000121. The van der Waals surface area contributed by atoms with Crippen molar-refractivity contribution in [2.45, 2.75) is 27.7 Å². The largest absolute Gasteiger partial charge is 0.355 e. The fourth-order valence-corrected chi connectivity index (χ4v) is 1.58. The van der Waals surface area contributed by atoms with Crippen LogP contribution in [0.1, 0.15) is 27.7 Å². The molecule has 1 rings (SSSR count). The summed E-state index contributed by atoms with van der Waals surface area (Å²) in [6.45, 7) is 13.7. The van der Waals surface area contributed by atoms with Crippen molar-refractivity contribution in [1.82, 2.24) is 15.1 Å². The lowest BCUT2D eigenvalue weighted by atomic mass is 10.2. The number of hydrogen-bond acceptors (Lipinski definition) is 3. The molecular weight excluding hydrogens is 214 g/mol. The van der Waals surface area contributed by atoms with Crippen LogP contribution >= 0.6 is 0 Å². The maximum absolute atomic E-state index is 11.5. The van der Waals surface area contributed by atoms with Crippen molar-refractivity contribution >= 4 is 5.91 Å². The summed E-state index contributed by atoms with van der Waals surface area (Å²) >= 11 is 0. The molecule has 0 aliphatic carbocycles. The van der Waals surface area contributed by atoms with Crippen molar-refractivity contribution in [3.63, 3.8) is 0 Å². The molecule has 0 saturated carbocycles. The number of nitrogens with one attached hydrogen (secondary N) is 1. The summed E-state index contributed by atoms with van der Waals surface area (Å²) in [5.41, 5.74) is 0. The van der Waals surface area contributed by atoms with E-state index in [4.69, 9.17) is 0 Å². The summed E-state index contributed by atoms with van der Waals surface area (Å²) in [6, 6.07) is 0. The number of nitrogens with zero attached hydrogens (tertiary/aromatic N) is 2. The summed E-state index contributed by atoms with van der Waals surface area (Å²) in [5, 5.41) is 2.95. The predicted molar refractivity (Wildman–Crippen MR) is 73.1 cm³/mol. The molecule has 0 radical (unpaired) electrons. The third-order valence-corrected chi connectivity index (χ3v) is 2.67. The highest BCUT2D eigenvalue weighted by Gasteiger charge is 2.16. The van der Waals surface area contributed by atoms with E-state index in [1.807, 2.05) is 13.8 Å². The number of carbonyl (C=O) groups is 1. The smallest absolute Gasteiger partial charge is 0.234 e. The van der Waals surface area contributed by atoms with E-state index in [1.165, 1.54) is 0 Å². The molecule has 0 bridgehead atoms. The zero-order valence-corrected chi connectivity index (χ0v) is 12.1. The van der Waals surface area contributed by atoms with Gasteiger partial charge >= 0.3 is 0 Å². The first-order chi connectivity index (χ1) is 8.08. The first kappa shape index (κ1) is 16.4. The number of likely N-dealkylation sites (N-methyl/N-ethyl adjacent to an activating group) is 1. The molecule has 1 aliphatic heterocycles. The first-order valence-corrected chi connectivity index (χ1v) is 6.75. The summed E-state index contributed by atoms with van der Waals surface area (Å²) in [4.78, 5) is 16.0. The molecule has 1 N–H and O–H groups in total. The van der Waals surface area contributed by atoms with Gasteiger partial charge in [-0.25, -0.2) is 0 Å². The Bertz CT molecular complexity index is 199. The van der Waals surface area contributed by atoms with E-state index in [-0.39, 0.29) is 5.91 Å². The topological polar surface area (TPSA) is 35.6 Å². The fourth-order valence-electron chi connectivity index (χ4n) is 1.58. The molecule has 4 nitrogen and oxygen atoms in total. The Morgan fingerprint density at radius 2 is 1.71 bits per heavy atom. The van der Waals surface area contributed by atoms with Gasteiger partial charge in [-0.3, -0.25) is 9.69 Å². The van der Waals surface area contributed by atoms with Gasteiger partial charge in [0.05, 0.1) is 6.54 Å². The normalized spacial score (nSPS) is 17.5. The van der Waals surface area contributed by atoms with E-state index in [0.29, 0.717) is 12.5 Å². The number of rotatable bonds is 4. The Morgan fingerprint density at radius 3 is 2.18 bits per heavy atom. The molecule has 1 aliphatic rings. The van der Waals surface area contributed by atoms with Gasteiger partial charge in [-0.1, -0.05) is 27.7 Å². The van der Waals surface area contributed by atoms with Crippen LogP contribution in [0.15, 0.2) is 0 Å².